The van der Waals surface area contributed by atoms with E-state index < -0.39 is 10.0 Å². The lowest BCUT2D eigenvalue weighted by molar-refractivity contribution is 0.316. The summed E-state index contributed by atoms with van der Waals surface area (Å²) in [4.78, 5) is 0. The van der Waals surface area contributed by atoms with E-state index in [2.05, 4.69) is 20.3 Å². The molecule has 2 aromatic rings. The number of aromatic nitrogens is 2. The summed E-state index contributed by atoms with van der Waals surface area (Å²) in [5.41, 5.74) is 7.59. The number of benzene rings is 1. The van der Waals surface area contributed by atoms with Gasteiger partial charge in [0.05, 0.1) is 17.1 Å². The van der Waals surface area contributed by atoms with Crippen LogP contribution < -0.4 is 16.2 Å². The van der Waals surface area contributed by atoms with E-state index in [0.29, 0.717) is 22.4 Å². The first-order chi connectivity index (χ1) is 7.97. The van der Waals surface area contributed by atoms with Crippen LogP contribution in [0.1, 0.15) is 0 Å². The molecule has 0 aliphatic heterocycles. The summed E-state index contributed by atoms with van der Waals surface area (Å²) < 4.78 is 26.1. The lowest BCUT2D eigenvalue weighted by Gasteiger charge is -2.05. The van der Waals surface area contributed by atoms with Crippen LogP contribution in [0.15, 0.2) is 16.8 Å². The summed E-state index contributed by atoms with van der Waals surface area (Å²) in [5, 5.41) is 15.1. The van der Waals surface area contributed by atoms with Gasteiger partial charge < -0.3 is 11.1 Å². The average Bonchev–Trinajstić information content (AvgIpc) is 2.69. The molecule has 0 saturated carbocycles. The highest BCUT2D eigenvalue weighted by Crippen LogP contribution is 2.24. The maximum absolute atomic E-state index is 10.8. The van der Waals surface area contributed by atoms with Gasteiger partial charge in [0.25, 0.3) is 0 Å². The molecule has 1 heterocycles. The molecule has 0 atom stereocenters. The van der Waals surface area contributed by atoms with Crippen molar-refractivity contribution in [3.8, 4) is 0 Å². The summed E-state index contributed by atoms with van der Waals surface area (Å²) in [5.74, 6) is -0.176. The van der Waals surface area contributed by atoms with Crippen molar-refractivity contribution in [2.24, 2.45) is 5.14 Å². The van der Waals surface area contributed by atoms with Gasteiger partial charge in [0.15, 0.2) is 11.0 Å². The van der Waals surface area contributed by atoms with Crippen LogP contribution in [0.5, 0.6) is 0 Å². The van der Waals surface area contributed by atoms with Crippen molar-refractivity contribution in [1.29, 1.82) is 0 Å². The van der Waals surface area contributed by atoms with Crippen molar-refractivity contribution in [2.45, 2.75) is 0 Å². The van der Waals surface area contributed by atoms with Crippen molar-refractivity contribution in [3.63, 3.8) is 0 Å². The second kappa shape index (κ2) is 4.18. The minimum Gasteiger partial charge on any atom is -0.397 e. The number of rotatable bonds is 4. The van der Waals surface area contributed by atoms with Crippen molar-refractivity contribution < 1.29 is 13.0 Å². The Hall–Kier alpha value is -1.87. The zero-order chi connectivity index (χ0) is 12.5. The Balaban J connectivity index is 2.19. The van der Waals surface area contributed by atoms with E-state index in [1.165, 1.54) is 0 Å². The standard InChI is InChI=1S/C8H11N5O3S/c9-5-1-2-6(8-7(5)12-16-13-8)11-3-4-17(10,14)15/h1-2,11H,3-4,9H2,(H2,10,14,15). The van der Waals surface area contributed by atoms with Gasteiger partial charge in [-0.2, -0.15) is 0 Å². The topological polar surface area (TPSA) is 137 Å². The molecule has 92 valence electrons. The van der Waals surface area contributed by atoms with Crippen LogP contribution in [0.3, 0.4) is 0 Å². The molecule has 0 bridgehead atoms. The Kier molecular flexibility index (Phi) is 2.86. The molecule has 9 heteroatoms. The predicted molar refractivity (Wildman–Crippen MR) is 62.7 cm³/mol. The first-order valence-corrected chi connectivity index (χ1v) is 6.44. The van der Waals surface area contributed by atoms with Crippen molar-refractivity contribution in [1.82, 2.24) is 10.3 Å². The van der Waals surface area contributed by atoms with Crippen molar-refractivity contribution in [2.75, 3.05) is 23.3 Å². The van der Waals surface area contributed by atoms with Crippen molar-refractivity contribution in [3.05, 3.63) is 12.1 Å². The zero-order valence-corrected chi connectivity index (χ0v) is 9.57. The maximum Gasteiger partial charge on any atom is 0.210 e. The Morgan fingerprint density at radius 2 is 2.00 bits per heavy atom. The van der Waals surface area contributed by atoms with Crippen LogP contribution in [0.25, 0.3) is 11.0 Å². The van der Waals surface area contributed by atoms with E-state index in [-0.39, 0.29) is 12.3 Å². The van der Waals surface area contributed by atoms with E-state index in [9.17, 15) is 8.42 Å². The zero-order valence-electron chi connectivity index (χ0n) is 8.75. The Morgan fingerprint density at radius 3 is 2.71 bits per heavy atom. The molecule has 0 saturated heterocycles. The van der Waals surface area contributed by atoms with Crippen LogP contribution in [0.2, 0.25) is 0 Å². The Labute approximate surface area is 97.0 Å². The smallest absolute Gasteiger partial charge is 0.210 e. The number of fused-ring (bicyclic) bond motifs is 1. The summed E-state index contributed by atoms with van der Waals surface area (Å²) in [6.45, 7) is 0.171. The SMILES string of the molecule is Nc1ccc(NCCS(N)(=O)=O)c2nonc12. The van der Waals surface area contributed by atoms with Crippen molar-refractivity contribution >= 4 is 32.4 Å². The number of nitrogens with zero attached hydrogens (tertiary/aromatic N) is 2. The highest BCUT2D eigenvalue weighted by molar-refractivity contribution is 7.89. The number of anilines is 2. The largest absolute Gasteiger partial charge is 0.397 e. The third-order valence-electron chi connectivity index (χ3n) is 2.15. The van der Waals surface area contributed by atoms with Crippen LogP contribution in [0.4, 0.5) is 11.4 Å². The van der Waals surface area contributed by atoms with Crippen LogP contribution >= 0.6 is 0 Å². The van der Waals surface area contributed by atoms with E-state index >= 15 is 0 Å². The van der Waals surface area contributed by atoms with E-state index in [4.69, 9.17) is 10.9 Å². The summed E-state index contributed by atoms with van der Waals surface area (Å²) in [6.07, 6.45) is 0. The Bertz CT molecular complexity index is 636. The predicted octanol–water partition coefficient (Wildman–Crippen LogP) is -0.495. The normalized spacial score (nSPS) is 11.8. The highest BCUT2D eigenvalue weighted by Gasteiger charge is 2.10. The number of hydrogen-bond acceptors (Lipinski definition) is 7. The third kappa shape index (κ3) is 2.63. The fraction of sp³-hybridized carbons (Fsp3) is 0.250. The molecule has 0 radical (unpaired) electrons. The van der Waals surface area contributed by atoms with Gasteiger partial charge in [0, 0.05) is 6.54 Å². The second-order valence-corrected chi connectivity index (χ2v) is 5.19. The van der Waals surface area contributed by atoms with Gasteiger partial charge >= 0.3 is 0 Å². The van der Waals surface area contributed by atoms with Crippen LogP contribution in [-0.2, 0) is 10.0 Å². The number of sulfonamides is 1. The molecular formula is C8H11N5O3S. The van der Waals surface area contributed by atoms with Gasteiger partial charge in [-0.1, -0.05) is 0 Å². The minimum atomic E-state index is -3.49. The fourth-order valence-corrected chi connectivity index (χ4v) is 1.74. The molecule has 5 N–H and O–H groups in total. The van der Waals surface area contributed by atoms with Gasteiger partial charge in [-0.15, -0.1) is 0 Å². The second-order valence-electron chi connectivity index (χ2n) is 3.46. The summed E-state index contributed by atoms with van der Waals surface area (Å²) in [7, 11) is -3.49. The lowest BCUT2D eigenvalue weighted by atomic mass is 10.2. The molecule has 1 aromatic carbocycles. The molecule has 0 amide bonds. The van der Waals surface area contributed by atoms with E-state index in [1.54, 1.807) is 12.1 Å². The minimum absolute atomic E-state index is 0.171. The molecule has 2 rings (SSSR count). The van der Waals surface area contributed by atoms with Gasteiger partial charge in [-0.25, -0.2) is 18.2 Å². The van der Waals surface area contributed by atoms with Gasteiger partial charge in [0.1, 0.15) is 0 Å². The molecule has 0 aliphatic carbocycles. The average molecular weight is 257 g/mol. The maximum atomic E-state index is 10.8. The summed E-state index contributed by atoms with van der Waals surface area (Å²) in [6, 6.07) is 3.30. The van der Waals surface area contributed by atoms with Gasteiger partial charge in [-0.05, 0) is 22.4 Å². The lowest BCUT2D eigenvalue weighted by Crippen LogP contribution is -2.22. The monoisotopic (exact) mass is 257 g/mol. The third-order valence-corrected chi connectivity index (χ3v) is 2.92. The molecule has 0 fully saturated rings. The highest BCUT2D eigenvalue weighted by atomic mass is 32.2. The molecular weight excluding hydrogens is 246 g/mol. The van der Waals surface area contributed by atoms with E-state index in [1.807, 2.05) is 0 Å². The number of nitrogens with two attached hydrogens (primary N) is 2. The van der Waals surface area contributed by atoms with Gasteiger partial charge in [-0.3, -0.25) is 0 Å². The first kappa shape index (κ1) is 11.6. The number of nitrogen functional groups attached to an aromatic ring is 1. The molecule has 17 heavy (non-hydrogen) atoms. The molecule has 1 aromatic heterocycles. The van der Waals surface area contributed by atoms with Gasteiger partial charge in [0.2, 0.25) is 10.0 Å². The quantitative estimate of drug-likeness (QED) is 0.628. The number of hydrogen-bond donors (Lipinski definition) is 3. The Morgan fingerprint density at radius 1 is 1.29 bits per heavy atom. The fourth-order valence-electron chi connectivity index (χ4n) is 1.36. The number of nitrogens with one attached hydrogen (secondary N) is 1. The molecule has 0 aliphatic rings. The van der Waals surface area contributed by atoms with Crippen LogP contribution in [-0.4, -0.2) is 31.0 Å². The van der Waals surface area contributed by atoms with Crippen LogP contribution in [0, 0.1) is 0 Å². The molecule has 8 nitrogen and oxygen atoms in total. The molecule has 0 spiro atoms. The van der Waals surface area contributed by atoms with E-state index in [0.717, 1.165) is 0 Å². The number of primary sulfonamides is 1. The first-order valence-electron chi connectivity index (χ1n) is 4.72. The summed E-state index contributed by atoms with van der Waals surface area (Å²) >= 11 is 0. The molecule has 0 unspecified atom stereocenters.